The number of carbonyl (C=O) groups excluding carboxylic acids is 3. The fraction of sp³-hybridized carbons (Fsp3) is 0.562. The molecular formula is C16H21N3O3S. The molecule has 1 saturated carbocycles. The normalized spacial score (nSPS) is 19.4. The van der Waals surface area contributed by atoms with Crippen LogP contribution in [-0.2, 0) is 16.1 Å². The van der Waals surface area contributed by atoms with Gasteiger partial charge in [-0.15, -0.1) is 11.3 Å². The summed E-state index contributed by atoms with van der Waals surface area (Å²) >= 11 is 1.60. The third-order valence-corrected chi connectivity index (χ3v) is 5.51. The molecule has 3 rings (SSSR count). The van der Waals surface area contributed by atoms with Gasteiger partial charge in [0.2, 0.25) is 5.91 Å². The fourth-order valence-corrected chi connectivity index (χ4v) is 4.08. The van der Waals surface area contributed by atoms with Crippen molar-refractivity contribution in [3.63, 3.8) is 0 Å². The largest absolute Gasteiger partial charge is 0.341 e. The Kier molecular flexibility index (Phi) is 4.39. The lowest BCUT2D eigenvalue weighted by atomic mass is 9.98. The molecule has 0 radical (unpaired) electrons. The highest BCUT2D eigenvalue weighted by Crippen LogP contribution is 2.35. The standard InChI is InChI=1S/C16H21N3O3S/c1-18(11-12-5-4-10-23-12)13(20)6-9-19-14(21)16(17-15(19)22)7-2-3-8-16/h4-5,10H,2-3,6-9,11H2,1H3,(H,17,22). The van der Waals surface area contributed by atoms with E-state index in [2.05, 4.69) is 5.32 Å². The lowest BCUT2D eigenvalue weighted by molar-refractivity contribution is -0.133. The predicted octanol–water partition coefficient (Wildman–Crippen LogP) is 1.96. The number of hydrogen-bond acceptors (Lipinski definition) is 4. The summed E-state index contributed by atoms with van der Waals surface area (Å²) in [5, 5.41) is 4.81. The Morgan fingerprint density at radius 2 is 2.13 bits per heavy atom. The smallest absolute Gasteiger partial charge is 0.325 e. The number of urea groups is 1. The molecular weight excluding hydrogens is 314 g/mol. The number of amides is 4. The Bertz CT molecular complexity index is 608. The highest BCUT2D eigenvalue weighted by molar-refractivity contribution is 7.09. The Hall–Kier alpha value is -1.89. The zero-order chi connectivity index (χ0) is 16.4. The summed E-state index contributed by atoms with van der Waals surface area (Å²) < 4.78 is 0. The van der Waals surface area contributed by atoms with E-state index in [0.717, 1.165) is 17.7 Å². The van der Waals surface area contributed by atoms with E-state index >= 15 is 0 Å². The highest BCUT2D eigenvalue weighted by atomic mass is 32.1. The molecule has 6 nitrogen and oxygen atoms in total. The van der Waals surface area contributed by atoms with Gasteiger partial charge in [-0.3, -0.25) is 14.5 Å². The van der Waals surface area contributed by atoms with Crippen LogP contribution in [0.5, 0.6) is 0 Å². The van der Waals surface area contributed by atoms with Gasteiger partial charge in [0.25, 0.3) is 5.91 Å². The van der Waals surface area contributed by atoms with Crippen molar-refractivity contribution in [2.24, 2.45) is 0 Å². The van der Waals surface area contributed by atoms with Gasteiger partial charge in [0.15, 0.2) is 0 Å². The van der Waals surface area contributed by atoms with Crippen molar-refractivity contribution in [3.8, 4) is 0 Å². The first-order chi connectivity index (χ1) is 11.0. The predicted molar refractivity (Wildman–Crippen MR) is 86.9 cm³/mol. The summed E-state index contributed by atoms with van der Waals surface area (Å²) in [6, 6.07) is 3.58. The second-order valence-corrected chi connectivity index (χ2v) is 7.29. The van der Waals surface area contributed by atoms with Crippen LogP contribution in [-0.4, -0.2) is 46.8 Å². The maximum atomic E-state index is 12.5. The van der Waals surface area contributed by atoms with Gasteiger partial charge in [0, 0.05) is 24.9 Å². The minimum Gasteiger partial charge on any atom is -0.341 e. The molecule has 2 heterocycles. The molecule has 23 heavy (non-hydrogen) atoms. The van der Waals surface area contributed by atoms with Crippen LogP contribution in [0, 0.1) is 0 Å². The molecule has 0 atom stereocenters. The average Bonchev–Trinajstić information content (AvgIpc) is 3.23. The first-order valence-corrected chi connectivity index (χ1v) is 8.80. The first-order valence-electron chi connectivity index (χ1n) is 7.92. The molecule has 0 aromatic carbocycles. The van der Waals surface area contributed by atoms with E-state index in [0.29, 0.717) is 19.4 Å². The van der Waals surface area contributed by atoms with E-state index in [1.807, 2.05) is 17.5 Å². The lowest BCUT2D eigenvalue weighted by Crippen LogP contribution is -2.44. The lowest BCUT2D eigenvalue weighted by Gasteiger charge is -2.21. The van der Waals surface area contributed by atoms with Gasteiger partial charge in [0.1, 0.15) is 5.54 Å². The topological polar surface area (TPSA) is 69.7 Å². The van der Waals surface area contributed by atoms with Crippen molar-refractivity contribution in [2.75, 3.05) is 13.6 Å². The molecule has 1 saturated heterocycles. The molecule has 1 N–H and O–H groups in total. The molecule has 1 spiro atoms. The van der Waals surface area contributed by atoms with Crippen molar-refractivity contribution < 1.29 is 14.4 Å². The van der Waals surface area contributed by atoms with E-state index in [1.54, 1.807) is 23.3 Å². The van der Waals surface area contributed by atoms with Crippen LogP contribution in [0.25, 0.3) is 0 Å². The molecule has 7 heteroatoms. The van der Waals surface area contributed by atoms with Crippen LogP contribution in [0.1, 0.15) is 37.0 Å². The maximum Gasteiger partial charge on any atom is 0.325 e. The van der Waals surface area contributed by atoms with Crippen LogP contribution < -0.4 is 5.32 Å². The summed E-state index contributed by atoms with van der Waals surface area (Å²) in [4.78, 5) is 40.7. The molecule has 1 aliphatic heterocycles. The second kappa shape index (κ2) is 6.31. The van der Waals surface area contributed by atoms with Crippen molar-refractivity contribution >= 4 is 29.2 Å². The number of hydrogen-bond donors (Lipinski definition) is 1. The first kappa shape index (κ1) is 16.0. The van der Waals surface area contributed by atoms with Crippen LogP contribution in [0.2, 0.25) is 0 Å². The molecule has 2 aliphatic rings. The zero-order valence-electron chi connectivity index (χ0n) is 13.2. The van der Waals surface area contributed by atoms with Crippen molar-refractivity contribution in [2.45, 2.75) is 44.2 Å². The fourth-order valence-electron chi connectivity index (χ4n) is 3.32. The van der Waals surface area contributed by atoms with E-state index in [1.165, 1.54) is 4.90 Å². The third kappa shape index (κ3) is 3.10. The molecule has 4 amide bonds. The number of imide groups is 1. The van der Waals surface area contributed by atoms with Crippen molar-refractivity contribution in [1.82, 2.24) is 15.1 Å². The monoisotopic (exact) mass is 335 g/mol. The van der Waals surface area contributed by atoms with Gasteiger partial charge in [-0.2, -0.15) is 0 Å². The van der Waals surface area contributed by atoms with Gasteiger partial charge in [0.05, 0.1) is 6.54 Å². The van der Waals surface area contributed by atoms with Crippen molar-refractivity contribution in [3.05, 3.63) is 22.4 Å². The Morgan fingerprint density at radius 3 is 2.78 bits per heavy atom. The third-order valence-electron chi connectivity index (χ3n) is 4.65. The van der Waals surface area contributed by atoms with Crippen LogP contribution >= 0.6 is 11.3 Å². The number of nitrogens with zero attached hydrogens (tertiary/aromatic N) is 2. The highest BCUT2D eigenvalue weighted by Gasteiger charge is 2.52. The van der Waals surface area contributed by atoms with Gasteiger partial charge in [-0.25, -0.2) is 4.79 Å². The van der Waals surface area contributed by atoms with Crippen LogP contribution in [0.3, 0.4) is 0 Å². The SMILES string of the molecule is CN(Cc1cccs1)C(=O)CCN1C(=O)NC2(CCCC2)C1=O. The van der Waals surface area contributed by atoms with Gasteiger partial charge in [-0.05, 0) is 24.3 Å². The number of carbonyl (C=O) groups is 3. The van der Waals surface area contributed by atoms with E-state index in [-0.39, 0.29) is 30.8 Å². The molecule has 1 aromatic rings. The molecule has 124 valence electrons. The molecule has 0 bridgehead atoms. The van der Waals surface area contributed by atoms with Crippen LogP contribution in [0.4, 0.5) is 4.79 Å². The molecule has 2 fully saturated rings. The minimum atomic E-state index is -0.691. The van der Waals surface area contributed by atoms with Gasteiger partial charge >= 0.3 is 6.03 Å². The minimum absolute atomic E-state index is 0.0635. The quantitative estimate of drug-likeness (QED) is 0.836. The molecule has 1 aromatic heterocycles. The maximum absolute atomic E-state index is 12.5. The Morgan fingerprint density at radius 1 is 1.39 bits per heavy atom. The summed E-state index contributed by atoms with van der Waals surface area (Å²) in [5.74, 6) is -0.222. The molecule has 1 aliphatic carbocycles. The van der Waals surface area contributed by atoms with Gasteiger partial charge in [-0.1, -0.05) is 18.9 Å². The Labute approximate surface area is 139 Å². The average molecular weight is 335 g/mol. The van der Waals surface area contributed by atoms with Crippen LogP contribution in [0.15, 0.2) is 17.5 Å². The van der Waals surface area contributed by atoms with Crippen molar-refractivity contribution in [1.29, 1.82) is 0 Å². The van der Waals surface area contributed by atoms with E-state index < -0.39 is 5.54 Å². The van der Waals surface area contributed by atoms with E-state index in [9.17, 15) is 14.4 Å². The number of thiophene rings is 1. The van der Waals surface area contributed by atoms with E-state index in [4.69, 9.17) is 0 Å². The second-order valence-electron chi connectivity index (χ2n) is 6.26. The summed E-state index contributed by atoms with van der Waals surface area (Å²) in [7, 11) is 1.74. The number of rotatable bonds is 5. The summed E-state index contributed by atoms with van der Waals surface area (Å²) in [5.41, 5.74) is -0.691. The Balaban J connectivity index is 1.54. The molecule has 0 unspecified atom stereocenters. The zero-order valence-corrected chi connectivity index (χ0v) is 14.0. The number of nitrogens with one attached hydrogen (secondary N) is 1. The van der Waals surface area contributed by atoms with Gasteiger partial charge < -0.3 is 10.2 Å². The summed E-state index contributed by atoms with van der Waals surface area (Å²) in [6.07, 6.45) is 3.50. The summed E-state index contributed by atoms with van der Waals surface area (Å²) in [6.45, 7) is 0.709.